The van der Waals surface area contributed by atoms with Crippen molar-refractivity contribution in [1.29, 1.82) is 0 Å². The maximum absolute atomic E-state index is 12.1. The van der Waals surface area contributed by atoms with Crippen LogP contribution in [0.25, 0.3) is 0 Å². The van der Waals surface area contributed by atoms with E-state index >= 15 is 0 Å². The summed E-state index contributed by atoms with van der Waals surface area (Å²) in [6.45, 7) is 5.64. The van der Waals surface area contributed by atoms with Gasteiger partial charge in [-0.2, -0.15) is 0 Å². The van der Waals surface area contributed by atoms with Crippen molar-refractivity contribution in [1.82, 2.24) is 5.32 Å². The topological polar surface area (TPSA) is 98.5 Å². The van der Waals surface area contributed by atoms with Gasteiger partial charge in [-0.1, -0.05) is 49.7 Å². The van der Waals surface area contributed by atoms with Crippen molar-refractivity contribution in [3.8, 4) is 0 Å². The third kappa shape index (κ3) is 6.57. The van der Waals surface area contributed by atoms with Gasteiger partial charge in [-0.3, -0.25) is 14.9 Å². The van der Waals surface area contributed by atoms with E-state index in [0.717, 1.165) is 18.1 Å². The molecule has 0 radical (unpaired) electrons. The van der Waals surface area contributed by atoms with Crippen molar-refractivity contribution in [3.05, 3.63) is 74.3 Å². The number of nitro benzene ring substituents is 1. The maximum atomic E-state index is 12.1. The van der Waals surface area contributed by atoms with Gasteiger partial charge in [-0.25, -0.2) is 4.79 Å². The molecule has 7 nitrogen and oxygen atoms in total. The Morgan fingerprint density at radius 3 is 2.38 bits per heavy atom. The van der Waals surface area contributed by atoms with Crippen LogP contribution in [-0.4, -0.2) is 23.4 Å². The maximum Gasteiger partial charge on any atom is 0.338 e. The highest BCUT2D eigenvalue weighted by atomic mass is 35.5. The first-order chi connectivity index (χ1) is 13.7. The number of esters is 1. The second-order valence-electron chi connectivity index (χ2n) is 7.13. The van der Waals surface area contributed by atoms with Gasteiger partial charge < -0.3 is 10.1 Å². The van der Waals surface area contributed by atoms with E-state index in [1.807, 2.05) is 31.2 Å². The lowest BCUT2D eigenvalue weighted by Gasteiger charge is -2.15. The SMILES string of the molecule is CC(C)Cc1ccc([C@@H](C)NC(=O)COC(=O)c2ccc(Cl)c([N+](=O)[O-])c2)cc1. The number of nitro groups is 1. The normalized spacial score (nSPS) is 11.8. The lowest BCUT2D eigenvalue weighted by molar-refractivity contribution is -0.384. The number of ether oxygens (including phenoxy) is 1. The van der Waals surface area contributed by atoms with E-state index in [4.69, 9.17) is 16.3 Å². The number of halogens is 1. The zero-order valence-electron chi connectivity index (χ0n) is 16.5. The minimum absolute atomic E-state index is 0.0531. The van der Waals surface area contributed by atoms with Gasteiger partial charge >= 0.3 is 5.97 Å². The average Bonchev–Trinajstić information content (AvgIpc) is 2.66. The van der Waals surface area contributed by atoms with E-state index in [2.05, 4.69) is 19.2 Å². The lowest BCUT2D eigenvalue weighted by atomic mass is 10.00. The number of nitrogens with zero attached hydrogens (tertiary/aromatic N) is 1. The van der Waals surface area contributed by atoms with Gasteiger partial charge in [0.25, 0.3) is 11.6 Å². The Hall–Kier alpha value is -2.93. The van der Waals surface area contributed by atoms with Gasteiger partial charge in [0.2, 0.25) is 0 Å². The number of benzene rings is 2. The summed E-state index contributed by atoms with van der Waals surface area (Å²) in [4.78, 5) is 34.3. The molecule has 1 N–H and O–H groups in total. The fraction of sp³-hybridized carbons (Fsp3) is 0.333. The molecule has 0 spiro atoms. The lowest BCUT2D eigenvalue weighted by Crippen LogP contribution is -2.31. The third-order valence-electron chi connectivity index (χ3n) is 4.21. The van der Waals surface area contributed by atoms with E-state index in [9.17, 15) is 19.7 Å². The van der Waals surface area contributed by atoms with E-state index in [0.29, 0.717) is 5.92 Å². The molecule has 8 heteroatoms. The quantitative estimate of drug-likeness (QED) is 0.387. The van der Waals surface area contributed by atoms with Crippen LogP contribution in [0.1, 0.15) is 48.3 Å². The van der Waals surface area contributed by atoms with Gasteiger partial charge in [0, 0.05) is 6.07 Å². The zero-order valence-corrected chi connectivity index (χ0v) is 17.2. The first-order valence-electron chi connectivity index (χ1n) is 9.16. The van der Waals surface area contributed by atoms with Crippen LogP contribution in [0, 0.1) is 16.0 Å². The largest absolute Gasteiger partial charge is 0.452 e. The van der Waals surface area contributed by atoms with Crippen LogP contribution in [0.4, 0.5) is 5.69 Å². The van der Waals surface area contributed by atoms with E-state index < -0.39 is 29.1 Å². The predicted molar refractivity (Wildman–Crippen MR) is 110 cm³/mol. The summed E-state index contributed by atoms with van der Waals surface area (Å²) in [6, 6.07) is 11.3. The van der Waals surface area contributed by atoms with Crippen molar-refractivity contribution in [3.63, 3.8) is 0 Å². The molecule has 0 fully saturated rings. The van der Waals surface area contributed by atoms with E-state index in [-0.39, 0.29) is 16.6 Å². The molecule has 0 unspecified atom stereocenters. The molecule has 0 heterocycles. The fourth-order valence-electron chi connectivity index (χ4n) is 2.77. The highest BCUT2D eigenvalue weighted by Gasteiger charge is 2.18. The summed E-state index contributed by atoms with van der Waals surface area (Å²) in [5.41, 5.74) is 1.71. The van der Waals surface area contributed by atoms with Gasteiger partial charge in [0.15, 0.2) is 6.61 Å². The number of rotatable bonds is 8. The Morgan fingerprint density at radius 1 is 1.14 bits per heavy atom. The van der Waals surface area contributed by atoms with Crippen molar-refractivity contribution in [2.24, 2.45) is 5.92 Å². The molecule has 0 aromatic heterocycles. The van der Waals surface area contributed by atoms with Crippen LogP contribution >= 0.6 is 11.6 Å². The van der Waals surface area contributed by atoms with Gasteiger partial charge in [0.05, 0.1) is 16.5 Å². The second kappa shape index (κ2) is 10.0. The standard InChI is InChI=1S/C21H23ClN2O5/c1-13(2)10-15-4-6-16(7-5-15)14(3)23-20(25)12-29-21(26)17-8-9-18(22)19(11-17)24(27)28/h4-9,11,13-14H,10,12H2,1-3H3,(H,23,25)/t14-/m1/s1. The Balaban J connectivity index is 1.90. The smallest absolute Gasteiger partial charge is 0.338 e. The first kappa shape index (κ1) is 22.4. The molecule has 2 aromatic carbocycles. The molecule has 0 aliphatic rings. The highest BCUT2D eigenvalue weighted by Crippen LogP contribution is 2.25. The molecule has 29 heavy (non-hydrogen) atoms. The molecule has 1 atom stereocenters. The predicted octanol–water partition coefficient (Wildman–Crippen LogP) is 4.48. The van der Waals surface area contributed by atoms with Crippen LogP contribution in [0.5, 0.6) is 0 Å². The number of amides is 1. The monoisotopic (exact) mass is 418 g/mol. The Morgan fingerprint density at radius 2 is 1.79 bits per heavy atom. The molecule has 2 aromatic rings. The number of hydrogen-bond donors (Lipinski definition) is 1. The summed E-state index contributed by atoms with van der Waals surface area (Å²) in [7, 11) is 0. The van der Waals surface area contributed by atoms with E-state index in [1.165, 1.54) is 17.7 Å². The fourth-order valence-corrected chi connectivity index (χ4v) is 2.96. The molecule has 0 saturated heterocycles. The number of carbonyl (C=O) groups is 2. The first-order valence-corrected chi connectivity index (χ1v) is 9.54. The van der Waals surface area contributed by atoms with Crippen LogP contribution in [-0.2, 0) is 16.0 Å². The van der Waals surface area contributed by atoms with Gasteiger partial charge in [-0.15, -0.1) is 0 Å². The van der Waals surface area contributed by atoms with Crippen molar-refractivity contribution < 1.29 is 19.2 Å². The van der Waals surface area contributed by atoms with Crippen LogP contribution in [0.15, 0.2) is 42.5 Å². The zero-order chi connectivity index (χ0) is 21.6. The molecule has 0 saturated carbocycles. The summed E-state index contributed by atoms with van der Waals surface area (Å²) >= 11 is 5.72. The van der Waals surface area contributed by atoms with Crippen molar-refractivity contribution in [2.75, 3.05) is 6.61 Å². The summed E-state index contributed by atoms with van der Waals surface area (Å²) in [6.07, 6.45) is 0.986. The van der Waals surface area contributed by atoms with Crippen LogP contribution in [0.3, 0.4) is 0 Å². The van der Waals surface area contributed by atoms with Crippen LogP contribution < -0.4 is 5.32 Å². The molecule has 0 aliphatic carbocycles. The third-order valence-corrected chi connectivity index (χ3v) is 4.53. The molecule has 2 rings (SSSR count). The Labute approximate surface area is 174 Å². The molecule has 0 bridgehead atoms. The molecular formula is C21H23ClN2O5. The van der Waals surface area contributed by atoms with Crippen molar-refractivity contribution in [2.45, 2.75) is 33.2 Å². The average molecular weight is 419 g/mol. The Kier molecular flexibility index (Phi) is 7.73. The van der Waals surface area contributed by atoms with E-state index in [1.54, 1.807) is 0 Å². The minimum atomic E-state index is -0.842. The number of nitrogens with one attached hydrogen (secondary N) is 1. The summed E-state index contributed by atoms with van der Waals surface area (Å²) < 4.78 is 4.95. The number of hydrogen-bond acceptors (Lipinski definition) is 5. The van der Waals surface area contributed by atoms with Gasteiger partial charge in [-0.05, 0) is 42.5 Å². The number of carbonyl (C=O) groups excluding carboxylic acids is 2. The molecule has 1 amide bonds. The highest BCUT2D eigenvalue weighted by molar-refractivity contribution is 6.32. The Bertz CT molecular complexity index is 896. The molecule has 154 valence electrons. The molecular weight excluding hydrogens is 396 g/mol. The van der Waals surface area contributed by atoms with Crippen LogP contribution in [0.2, 0.25) is 5.02 Å². The second-order valence-corrected chi connectivity index (χ2v) is 7.54. The van der Waals surface area contributed by atoms with Crippen molar-refractivity contribution >= 4 is 29.2 Å². The van der Waals surface area contributed by atoms with Gasteiger partial charge in [0.1, 0.15) is 5.02 Å². The molecule has 0 aliphatic heterocycles. The minimum Gasteiger partial charge on any atom is -0.452 e. The summed E-state index contributed by atoms with van der Waals surface area (Å²) in [5, 5.41) is 13.6. The summed E-state index contributed by atoms with van der Waals surface area (Å²) in [5.74, 6) is -0.749.